The van der Waals surface area contributed by atoms with Crippen molar-refractivity contribution in [3.05, 3.63) is 132 Å². The molecule has 0 fully saturated rings. The molecule has 0 radical (unpaired) electrons. The predicted octanol–water partition coefficient (Wildman–Crippen LogP) is 9.30. The molecular weight excluding hydrogens is 731 g/mol. The molecule has 0 bridgehead atoms. The third-order valence-corrected chi connectivity index (χ3v) is 7.81. The van der Waals surface area contributed by atoms with E-state index >= 15 is 0 Å². The van der Waals surface area contributed by atoms with Crippen LogP contribution < -0.4 is 4.74 Å². The van der Waals surface area contributed by atoms with Crippen molar-refractivity contribution in [3.8, 4) is 34.1 Å². The minimum atomic E-state index is -0.352. The number of nitrogens with zero attached hydrogens (tertiary/aromatic N) is 4. The average molecular weight is 760 g/mol. The fourth-order valence-corrected chi connectivity index (χ4v) is 5.80. The van der Waals surface area contributed by atoms with Gasteiger partial charge in [0, 0.05) is 41.0 Å². The van der Waals surface area contributed by atoms with Crippen LogP contribution in [0, 0.1) is 31.8 Å². The van der Waals surface area contributed by atoms with E-state index in [1.165, 1.54) is 40.6 Å². The van der Waals surface area contributed by atoms with Gasteiger partial charge in [-0.05, 0) is 65.2 Å². The Balaban J connectivity index is 0.00000343. The number of hydrogen-bond donors (Lipinski definition) is 0. The summed E-state index contributed by atoms with van der Waals surface area (Å²) in [7, 11) is 0. The zero-order chi connectivity index (χ0) is 29.7. The molecule has 0 aliphatic carbocycles. The molecule has 44 heavy (non-hydrogen) atoms. The number of hydrogen-bond acceptors (Lipinski definition) is 3. The van der Waals surface area contributed by atoms with Crippen molar-refractivity contribution < 1.29 is 30.2 Å². The topological polar surface area (TPSA) is 44.9 Å². The maximum atomic E-state index is 14.2. The molecule has 220 valence electrons. The first-order valence-corrected chi connectivity index (χ1v) is 14.3. The molecule has 0 saturated heterocycles. The first kappa shape index (κ1) is 29.5. The molecule has 0 N–H and O–H groups in total. The molecule has 7 rings (SSSR count). The van der Waals surface area contributed by atoms with Gasteiger partial charge in [0.15, 0.2) is 0 Å². The first-order chi connectivity index (χ1) is 20.9. The summed E-state index contributed by atoms with van der Waals surface area (Å²) in [5.74, 6) is 1.65. The number of pyridine rings is 1. The van der Waals surface area contributed by atoms with Gasteiger partial charge in [-0.25, -0.2) is 9.37 Å². The Hall–Kier alpha value is -4.54. The maximum absolute atomic E-state index is 14.2. The molecular formula is C37H29FN4OPt. The Labute approximate surface area is 270 Å². The molecule has 0 unspecified atom stereocenters. The van der Waals surface area contributed by atoms with E-state index in [9.17, 15) is 4.39 Å². The fraction of sp³-hybridized carbons (Fsp3) is 0.135. The van der Waals surface area contributed by atoms with Crippen molar-refractivity contribution in [2.45, 2.75) is 33.6 Å². The number of aryl methyl sites for hydroxylation is 2. The van der Waals surface area contributed by atoms with Crippen LogP contribution in [0.1, 0.15) is 36.5 Å². The molecule has 0 aliphatic rings. The van der Waals surface area contributed by atoms with Crippen LogP contribution in [0.2, 0.25) is 0 Å². The number of halogens is 1. The van der Waals surface area contributed by atoms with Crippen molar-refractivity contribution in [1.82, 2.24) is 19.3 Å². The second-order valence-electron chi connectivity index (χ2n) is 11.1. The van der Waals surface area contributed by atoms with E-state index in [1.807, 2.05) is 76.2 Å². The summed E-state index contributed by atoms with van der Waals surface area (Å²) < 4.78 is 24.2. The minimum absolute atomic E-state index is 0. The van der Waals surface area contributed by atoms with Crippen LogP contribution in [0.15, 0.2) is 97.5 Å². The molecule has 5 nitrogen and oxygen atoms in total. The van der Waals surface area contributed by atoms with Crippen LogP contribution in [0.4, 0.5) is 4.39 Å². The number of ether oxygens (including phenoxy) is 1. The summed E-state index contributed by atoms with van der Waals surface area (Å²) in [4.78, 5) is 4.43. The summed E-state index contributed by atoms with van der Waals surface area (Å²) in [6, 6.07) is 31.6. The summed E-state index contributed by atoms with van der Waals surface area (Å²) in [6.45, 7) is 8.74. The van der Waals surface area contributed by atoms with Gasteiger partial charge in [0.2, 0.25) is 0 Å². The van der Waals surface area contributed by atoms with Crippen molar-refractivity contribution in [3.63, 3.8) is 0 Å². The second-order valence-corrected chi connectivity index (χ2v) is 11.1. The summed E-state index contributed by atoms with van der Waals surface area (Å²) in [6.07, 6.45) is 5.39. The first-order valence-electron chi connectivity index (χ1n) is 14.3. The van der Waals surface area contributed by atoms with E-state index in [4.69, 9.17) is 4.74 Å². The number of rotatable bonds is 6. The monoisotopic (exact) mass is 759 g/mol. The van der Waals surface area contributed by atoms with Gasteiger partial charge in [0.1, 0.15) is 11.6 Å². The van der Waals surface area contributed by atoms with E-state index < -0.39 is 0 Å². The van der Waals surface area contributed by atoms with E-state index in [-0.39, 0.29) is 26.9 Å². The van der Waals surface area contributed by atoms with Crippen molar-refractivity contribution in [2.24, 2.45) is 0 Å². The molecule has 0 aliphatic heterocycles. The fourth-order valence-electron chi connectivity index (χ4n) is 5.80. The second kappa shape index (κ2) is 11.9. The third-order valence-electron chi connectivity index (χ3n) is 7.81. The zero-order valence-electron chi connectivity index (χ0n) is 24.7. The van der Waals surface area contributed by atoms with Gasteiger partial charge in [-0.2, -0.15) is 17.2 Å². The van der Waals surface area contributed by atoms with Crippen LogP contribution in [0.25, 0.3) is 44.4 Å². The van der Waals surface area contributed by atoms with Crippen molar-refractivity contribution >= 4 is 21.8 Å². The summed E-state index contributed by atoms with van der Waals surface area (Å²) in [5.41, 5.74) is 8.50. The number of aromatic nitrogens is 4. The number of fused-ring (bicyclic) bond motifs is 3. The number of benzene rings is 4. The van der Waals surface area contributed by atoms with Gasteiger partial charge in [0.25, 0.3) is 0 Å². The summed E-state index contributed by atoms with van der Waals surface area (Å²) >= 11 is 0. The maximum Gasteiger partial charge on any atom is 2.00 e. The van der Waals surface area contributed by atoms with Crippen LogP contribution in [0.3, 0.4) is 0 Å². The third kappa shape index (κ3) is 5.35. The average Bonchev–Trinajstić information content (AvgIpc) is 3.60. The van der Waals surface area contributed by atoms with Gasteiger partial charge >= 0.3 is 21.1 Å². The predicted molar refractivity (Wildman–Crippen MR) is 169 cm³/mol. The Kier molecular flexibility index (Phi) is 7.96. The van der Waals surface area contributed by atoms with Crippen LogP contribution >= 0.6 is 0 Å². The molecule has 0 amide bonds. The van der Waals surface area contributed by atoms with E-state index in [0.29, 0.717) is 23.2 Å². The Bertz CT molecular complexity index is 2120. The van der Waals surface area contributed by atoms with Crippen molar-refractivity contribution in [2.75, 3.05) is 0 Å². The smallest absolute Gasteiger partial charge is 0.509 e. The van der Waals surface area contributed by atoms with Crippen LogP contribution in [0.5, 0.6) is 11.5 Å². The van der Waals surface area contributed by atoms with Gasteiger partial charge in [-0.15, -0.1) is 35.7 Å². The molecule has 3 aromatic heterocycles. The Morgan fingerprint density at radius 1 is 0.841 bits per heavy atom. The normalized spacial score (nSPS) is 11.3. The number of para-hydroxylation sites is 1. The van der Waals surface area contributed by atoms with Gasteiger partial charge < -0.3 is 9.30 Å². The molecule has 0 saturated carbocycles. The molecule has 0 atom stereocenters. The van der Waals surface area contributed by atoms with E-state index in [1.54, 1.807) is 0 Å². The molecule has 0 spiro atoms. The molecule has 4 aromatic carbocycles. The van der Waals surface area contributed by atoms with Gasteiger partial charge in [-0.1, -0.05) is 49.7 Å². The summed E-state index contributed by atoms with van der Waals surface area (Å²) in [5, 5.41) is 6.65. The van der Waals surface area contributed by atoms with Crippen molar-refractivity contribution in [1.29, 1.82) is 0 Å². The molecule has 7 aromatic rings. The van der Waals surface area contributed by atoms with Crippen LogP contribution in [-0.4, -0.2) is 19.3 Å². The largest absolute Gasteiger partial charge is 2.00 e. The minimum Gasteiger partial charge on any atom is -0.509 e. The standard InChI is InChI=1S/C37H29FN4O.Pt/c1-23(2)26-16-24(3)37(25(4)17-26)27-21-40-41(22-27)29-8-7-9-30(19-29)43-31-12-13-33-32-10-5-6-11-34(32)42(35(33)20-31)36-18-28(38)14-15-39-36;/h5-18,21-23H,1-4H3;/q-2;+2. The zero-order valence-corrected chi connectivity index (χ0v) is 27.0. The molecule has 7 heteroatoms. The SMILES string of the molecule is Cc1cc(C(C)C)cc(C)c1-c1cnn(-c2[c-]c(Oc3[c-]c4c(cc3)c3ccccc3n4-c3cc(F)ccn3)ccc2)c1.[Pt+2]. The molecule has 3 heterocycles. The van der Waals surface area contributed by atoms with Gasteiger partial charge in [0.05, 0.1) is 6.20 Å². The van der Waals surface area contributed by atoms with Crippen LogP contribution in [-0.2, 0) is 21.1 Å². The Morgan fingerprint density at radius 3 is 2.39 bits per heavy atom. The Morgan fingerprint density at radius 2 is 1.61 bits per heavy atom. The van der Waals surface area contributed by atoms with Gasteiger partial charge in [-0.3, -0.25) is 4.68 Å². The quantitative estimate of drug-likeness (QED) is 0.159. The van der Waals surface area contributed by atoms with E-state index in [0.717, 1.165) is 33.1 Å². The van der Waals surface area contributed by atoms with E-state index in [2.05, 4.69) is 62.0 Å².